The Kier molecular flexibility index (Phi) is 3.36. The molecule has 2 heterocycles. The summed E-state index contributed by atoms with van der Waals surface area (Å²) in [7, 11) is 0. The topological polar surface area (TPSA) is 58.5 Å². The molecule has 0 aliphatic heterocycles. The van der Waals surface area contributed by atoms with E-state index < -0.39 is 0 Å². The Morgan fingerprint density at radius 3 is 2.94 bits per heavy atom. The van der Waals surface area contributed by atoms with Crippen LogP contribution in [0.25, 0.3) is 0 Å². The SMILES string of the molecule is C[C@H](NCc1ccn[nH]1)[C@H](C)n1cccn1. The molecule has 0 radical (unpaired) electrons. The van der Waals surface area contributed by atoms with E-state index in [9.17, 15) is 0 Å². The summed E-state index contributed by atoms with van der Waals surface area (Å²) in [6, 6.07) is 4.59. The second-order valence-electron chi connectivity index (χ2n) is 3.98. The number of aromatic amines is 1. The fourth-order valence-corrected chi connectivity index (χ4v) is 1.58. The second-order valence-corrected chi connectivity index (χ2v) is 3.98. The maximum Gasteiger partial charge on any atom is 0.0641 e. The highest BCUT2D eigenvalue weighted by Crippen LogP contribution is 2.09. The van der Waals surface area contributed by atoms with Crippen molar-refractivity contribution in [3.8, 4) is 0 Å². The minimum absolute atomic E-state index is 0.331. The van der Waals surface area contributed by atoms with Crippen molar-refractivity contribution in [3.63, 3.8) is 0 Å². The molecule has 0 amide bonds. The van der Waals surface area contributed by atoms with Crippen molar-refractivity contribution in [2.45, 2.75) is 32.5 Å². The molecule has 2 atom stereocenters. The van der Waals surface area contributed by atoms with Crippen LogP contribution < -0.4 is 5.32 Å². The van der Waals surface area contributed by atoms with E-state index >= 15 is 0 Å². The number of rotatable bonds is 5. The van der Waals surface area contributed by atoms with Crippen LogP contribution in [0.2, 0.25) is 0 Å². The molecule has 2 rings (SSSR count). The van der Waals surface area contributed by atoms with Gasteiger partial charge >= 0.3 is 0 Å². The number of aromatic nitrogens is 4. The lowest BCUT2D eigenvalue weighted by Gasteiger charge is -2.21. The van der Waals surface area contributed by atoms with Crippen molar-refractivity contribution in [3.05, 3.63) is 36.4 Å². The number of hydrogen-bond acceptors (Lipinski definition) is 3. The normalized spacial score (nSPS) is 14.9. The first kappa shape index (κ1) is 10.9. The lowest BCUT2D eigenvalue weighted by atomic mass is 10.1. The summed E-state index contributed by atoms with van der Waals surface area (Å²) in [5.41, 5.74) is 1.10. The van der Waals surface area contributed by atoms with Crippen LogP contribution in [0.15, 0.2) is 30.7 Å². The van der Waals surface area contributed by atoms with E-state index in [-0.39, 0.29) is 0 Å². The largest absolute Gasteiger partial charge is 0.307 e. The number of nitrogens with zero attached hydrogens (tertiary/aromatic N) is 3. The van der Waals surface area contributed by atoms with Gasteiger partial charge in [-0.2, -0.15) is 10.2 Å². The van der Waals surface area contributed by atoms with Crippen LogP contribution in [0.5, 0.6) is 0 Å². The van der Waals surface area contributed by atoms with Crippen LogP contribution in [0.4, 0.5) is 0 Å². The Morgan fingerprint density at radius 1 is 1.44 bits per heavy atom. The number of H-pyrrole nitrogens is 1. The summed E-state index contributed by atoms with van der Waals surface area (Å²) in [4.78, 5) is 0. The third-order valence-electron chi connectivity index (χ3n) is 2.84. The molecule has 0 saturated heterocycles. The van der Waals surface area contributed by atoms with Crippen LogP contribution in [-0.2, 0) is 6.54 Å². The van der Waals surface area contributed by atoms with Crippen LogP contribution in [0.3, 0.4) is 0 Å². The first-order valence-electron chi connectivity index (χ1n) is 5.48. The first-order chi connectivity index (χ1) is 7.77. The Bertz CT molecular complexity index is 392. The Labute approximate surface area is 94.9 Å². The van der Waals surface area contributed by atoms with Gasteiger partial charge in [-0.25, -0.2) is 0 Å². The molecule has 5 nitrogen and oxygen atoms in total. The van der Waals surface area contributed by atoms with Gasteiger partial charge in [0.25, 0.3) is 0 Å². The molecule has 0 saturated carbocycles. The molecule has 0 spiro atoms. The van der Waals surface area contributed by atoms with Crippen molar-refractivity contribution < 1.29 is 0 Å². The number of nitrogens with one attached hydrogen (secondary N) is 2. The monoisotopic (exact) mass is 219 g/mol. The fraction of sp³-hybridized carbons (Fsp3) is 0.455. The molecule has 16 heavy (non-hydrogen) atoms. The van der Waals surface area contributed by atoms with Crippen molar-refractivity contribution >= 4 is 0 Å². The Balaban J connectivity index is 1.86. The van der Waals surface area contributed by atoms with Gasteiger partial charge in [-0.15, -0.1) is 0 Å². The van der Waals surface area contributed by atoms with Gasteiger partial charge in [0.05, 0.1) is 6.04 Å². The summed E-state index contributed by atoms with van der Waals surface area (Å²) >= 11 is 0. The van der Waals surface area contributed by atoms with Crippen molar-refractivity contribution in [1.29, 1.82) is 0 Å². The van der Waals surface area contributed by atoms with Crippen LogP contribution in [0.1, 0.15) is 25.6 Å². The molecule has 2 aromatic rings. The van der Waals surface area contributed by atoms with Crippen LogP contribution in [-0.4, -0.2) is 26.0 Å². The standard InChI is InChI=1S/C11H17N5/c1-9(10(2)16-7-3-5-14-16)12-8-11-4-6-13-15-11/h3-7,9-10,12H,8H2,1-2H3,(H,13,15)/t9-,10-/m0/s1. The van der Waals surface area contributed by atoms with Crippen molar-refractivity contribution in [2.75, 3.05) is 0 Å². The molecule has 0 aliphatic rings. The minimum Gasteiger partial charge on any atom is -0.307 e. The third-order valence-corrected chi connectivity index (χ3v) is 2.84. The lowest BCUT2D eigenvalue weighted by molar-refractivity contribution is 0.363. The van der Waals surface area contributed by atoms with E-state index in [2.05, 4.69) is 34.5 Å². The summed E-state index contributed by atoms with van der Waals surface area (Å²) in [5, 5.41) is 14.5. The average molecular weight is 219 g/mol. The molecular formula is C11H17N5. The van der Waals surface area contributed by atoms with Crippen molar-refractivity contribution in [2.24, 2.45) is 0 Å². The van der Waals surface area contributed by atoms with E-state index in [0.717, 1.165) is 12.2 Å². The van der Waals surface area contributed by atoms with E-state index in [1.165, 1.54) is 0 Å². The second kappa shape index (κ2) is 4.94. The Morgan fingerprint density at radius 2 is 2.31 bits per heavy atom. The van der Waals surface area contributed by atoms with E-state index in [1.807, 2.05) is 23.0 Å². The average Bonchev–Trinajstić information content (AvgIpc) is 2.96. The molecule has 2 aromatic heterocycles. The zero-order chi connectivity index (χ0) is 11.4. The van der Waals surface area contributed by atoms with Gasteiger partial charge in [0.1, 0.15) is 0 Å². The zero-order valence-electron chi connectivity index (χ0n) is 9.59. The highest BCUT2D eigenvalue weighted by Gasteiger charge is 2.13. The predicted molar refractivity (Wildman–Crippen MR) is 61.8 cm³/mol. The fourth-order valence-electron chi connectivity index (χ4n) is 1.58. The van der Waals surface area contributed by atoms with Gasteiger partial charge < -0.3 is 5.32 Å². The van der Waals surface area contributed by atoms with Crippen LogP contribution in [0, 0.1) is 0 Å². The third kappa shape index (κ3) is 2.49. The number of hydrogen-bond donors (Lipinski definition) is 2. The van der Waals surface area contributed by atoms with E-state index in [0.29, 0.717) is 12.1 Å². The van der Waals surface area contributed by atoms with Crippen molar-refractivity contribution in [1.82, 2.24) is 25.3 Å². The molecule has 0 fully saturated rings. The van der Waals surface area contributed by atoms with Gasteiger partial charge in [-0.3, -0.25) is 9.78 Å². The first-order valence-corrected chi connectivity index (χ1v) is 5.48. The molecule has 0 aromatic carbocycles. The highest BCUT2D eigenvalue weighted by atomic mass is 15.3. The van der Waals surface area contributed by atoms with Gasteiger partial charge in [0.2, 0.25) is 0 Å². The molecule has 0 aliphatic carbocycles. The molecular weight excluding hydrogens is 202 g/mol. The van der Waals surface area contributed by atoms with Gasteiger partial charge in [-0.05, 0) is 26.0 Å². The molecule has 86 valence electrons. The van der Waals surface area contributed by atoms with Gasteiger partial charge in [0, 0.05) is 36.9 Å². The molecule has 5 heteroatoms. The minimum atomic E-state index is 0.331. The molecule has 2 N–H and O–H groups in total. The summed E-state index contributed by atoms with van der Waals surface area (Å²) < 4.78 is 1.96. The van der Waals surface area contributed by atoms with Gasteiger partial charge in [0.15, 0.2) is 0 Å². The maximum absolute atomic E-state index is 4.24. The Hall–Kier alpha value is -1.62. The summed E-state index contributed by atoms with van der Waals surface area (Å²) in [6.45, 7) is 5.10. The molecule has 0 bridgehead atoms. The summed E-state index contributed by atoms with van der Waals surface area (Å²) in [5.74, 6) is 0. The van der Waals surface area contributed by atoms with E-state index in [4.69, 9.17) is 0 Å². The smallest absolute Gasteiger partial charge is 0.0641 e. The summed E-state index contributed by atoms with van der Waals surface area (Å²) in [6.07, 6.45) is 5.55. The zero-order valence-corrected chi connectivity index (χ0v) is 9.59. The molecule has 0 unspecified atom stereocenters. The lowest BCUT2D eigenvalue weighted by Crippen LogP contribution is -2.33. The van der Waals surface area contributed by atoms with Gasteiger partial charge in [-0.1, -0.05) is 0 Å². The highest BCUT2D eigenvalue weighted by molar-refractivity contribution is 4.97. The predicted octanol–water partition coefficient (Wildman–Crippen LogP) is 1.35. The quantitative estimate of drug-likeness (QED) is 0.798. The maximum atomic E-state index is 4.24. The van der Waals surface area contributed by atoms with Crippen LogP contribution >= 0.6 is 0 Å². The van der Waals surface area contributed by atoms with E-state index in [1.54, 1.807) is 12.4 Å².